The van der Waals surface area contributed by atoms with Gasteiger partial charge in [0.2, 0.25) is 0 Å². The summed E-state index contributed by atoms with van der Waals surface area (Å²) in [5.74, 6) is -0.206. The minimum Gasteiger partial charge on any atom is -0.464 e. The molecule has 1 unspecified atom stereocenters. The fraction of sp³-hybridized carbons (Fsp3) is 0.818. The number of nitrogens with one attached hydrogen (secondary N) is 1. The maximum absolute atomic E-state index is 11.4. The van der Waals surface area contributed by atoms with Crippen molar-refractivity contribution >= 4 is 12.1 Å². The molecule has 0 heterocycles. The summed E-state index contributed by atoms with van der Waals surface area (Å²) >= 11 is 0. The highest BCUT2D eigenvalue weighted by atomic mass is 16.6. The Bertz CT molecular complexity index is 242. The lowest BCUT2D eigenvalue weighted by atomic mass is 10.2. The Kier molecular flexibility index (Phi) is 8.13. The molecular formula is C11H21NO5. The molecule has 0 aromatic heterocycles. The summed E-state index contributed by atoms with van der Waals surface area (Å²) in [4.78, 5) is 22.6. The maximum Gasteiger partial charge on any atom is 0.407 e. The molecule has 0 aliphatic carbocycles. The van der Waals surface area contributed by atoms with E-state index < -0.39 is 18.1 Å². The summed E-state index contributed by atoms with van der Waals surface area (Å²) in [6, 6.07) is -0.719. The van der Waals surface area contributed by atoms with Crippen LogP contribution in [0.4, 0.5) is 4.79 Å². The van der Waals surface area contributed by atoms with Gasteiger partial charge >= 0.3 is 12.1 Å². The Morgan fingerprint density at radius 3 is 2.29 bits per heavy atom. The van der Waals surface area contributed by atoms with Crippen molar-refractivity contribution in [1.29, 1.82) is 0 Å². The van der Waals surface area contributed by atoms with Crippen molar-refractivity contribution in [2.24, 2.45) is 5.92 Å². The third kappa shape index (κ3) is 8.50. The van der Waals surface area contributed by atoms with Crippen LogP contribution in [0.5, 0.6) is 0 Å². The standard InChI is InChI=1S/C11H21NO5/c1-8(2)7-17-10(13)9(3)12-11(14)16-6-5-15-4/h8-9H,5-7H2,1-4H3,(H,12,14). The smallest absolute Gasteiger partial charge is 0.407 e. The van der Waals surface area contributed by atoms with Crippen LogP contribution in [0.1, 0.15) is 20.8 Å². The second kappa shape index (κ2) is 8.81. The molecule has 1 amide bonds. The molecule has 1 atom stereocenters. The van der Waals surface area contributed by atoms with Crippen LogP contribution in [0, 0.1) is 5.92 Å². The molecule has 0 bridgehead atoms. The normalized spacial score (nSPS) is 12.1. The Morgan fingerprint density at radius 1 is 1.12 bits per heavy atom. The first-order chi connectivity index (χ1) is 7.97. The highest BCUT2D eigenvalue weighted by Crippen LogP contribution is 1.96. The Hall–Kier alpha value is -1.30. The lowest BCUT2D eigenvalue weighted by Gasteiger charge is -2.14. The summed E-state index contributed by atoms with van der Waals surface area (Å²) in [5.41, 5.74) is 0. The van der Waals surface area contributed by atoms with Crippen LogP contribution in [-0.2, 0) is 19.0 Å². The van der Waals surface area contributed by atoms with E-state index in [0.717, 1.165) is 0 Å². The summed E-state index contributed by atoms with van der Waals surface area (Å²) < 4.78 is 14.4. The molecule has 0 aliphatic rings. The van der Waals surface area contributed by atoms with Crippen LogP contribution in [0.2, 0.25) is 0 Å². The molecule has 1 N–H and O–H groups in total. The molecule has 0 aromatic rings. The molecular weight excluding hydrogens is 226 g/mol. The van der Waals surface area contributed by atoms with E-state index in [-0.39, 0.29) is 12.5 Å². The van der Waals surface area contributed by atoms with Gasteiger partial charge in [-0.2, -0.15) is 0 Å². The van der Waals surface area contributed by atoms with E-state index in [1.807, 2.05) is 13.8 Å². The lowest BCUT2D eigenvalue weighted by molar-refractivity contribution is -0.146. The molecule has 100 valence electrons. The van der Waals surface area contributed by atoms with E-state index in [1.165, 1.54) is 7.11 Å². The first kappa shape index (κ1) is 15.7. The number of hydrogen-bond donors (Lipinski definition) is 1. The van der Waals surface area contributed by atoms with E-state index >= 15 is 0 Å². The molecule has 0 fully saturated rings. The molecule has 0 saturated carbocycles. The monoisotopic (exact) mass is 247 g/mol. The number of methoxy groups -OCH3 is 1. The zero-order valence-electron chi connectivity index (χ0n) is 10.8. The predicted molar refractivity (Wildman–Crippen MR) is 61.6 cm³/mol. The minimum atomic E-state index is -0.719. The molecule has 17 heavy (non-hydrogen) atoms. The second-order valence-corrected chi connectivity index (χ2v) is 4.02. The number of carbonyl (C=O) groups excluding carboxylic acids is 2. The number of esters is 1. The summed E-state index contributed by atoms with van der Waals surface area (Å²) in [5, 5.41) is 2.37. The van der Waals surface area contributed by atoms with Crippen LogP contribution in [0.15, 0.2) is 0 Å². The number of ether oxygens (including phenoxy) is 3. The van der Waals surface area contributed by atoms with E-state index in [4.69, 9.17) is 14.2 Å². The van der Waals surface area contributed by atoms with Crippen LogP contribution in [0.25, 0.3) is 0 Å². The first-order valence-electron chi connectivity index (χ1n) is 5.56. The van der Waals surface area contributed by atoms with Crippen LogP contribution in [0.3, 0.4) is 0 Å². The number of hydrogen-bond acceptors (Lipinski definition) is 5. The number of rotatable bonds is 7. The molecule has 0 saturated heterocycles. The zero-order valence-corrected chi connectivity index (χ0v) is 10.8. The number of amides is 1. The highest BCUT2D eigenvalue weighted by molar-refractivity contribution is 5.80. The fourth-order valence-electron chi connectivity index (χ4n) is 0.869. The largest absolute Gasteiger partial charge is 0.464 e. The van der Waals surface area contributed by atoms with E-state index in [9.17, 15) is 9.59 Å². The van der Waals surface area contributed by atoms with E-state index in [0.29, 0.717) is 13.2 Å². The zero-order chi connectivity index (χ0) is 13.3. The molecule has 6 heteroatoms. The molecule has 0 radical (unpaired) electrons. The molecule has 0 spiro atoms. The quantitative estimate of drug-likeness (QED) is 0.535. The Balaban J connectivity index is 3.78. The Morgan fingerprint density at radius 2 is 1.76 bits per heavy atom. The molecule has 6 nitrogen and oxygen atoms in total. The average Bonchev–Trinajstić information content (AvgIpc) is 2.26. The van der Waals surface area contributed by atoms with Crippen molar-refractivity contribution < 1.29 is 23.8 Å². The molecule has 0 aromatic carbocycles. The Labute approximate surface area is 102 Å². The predicted octanol–water partition coefficient (Wildman–Crippen LogP) is 0.947. The van der Waals surface area contributed by atoms with Gasteiger partial charge in [-0.1, -0.05) is 13.8 Å². The molecule has 0 aliphatic heterocycles. The van der Waals surface area contributed by atoms with E-state index in [1.54, 1.807) is 6.92 Å². The van der Waals surface area contributed by atoms with Gasteiger partial charge in [-0.3, -0.25) is 0 Å². The minimum absolute atomic E-state index is 0.149. The summed E-state index contributed by atoms with van der Waals surface area (Å²) in [6.07, 6.45) is -0.656. The van der Waals surface area contributed by atoms with Crippen molar-refractivity contribution in [2.75, 3.05) is 26.9 Å². The van der Waals surface area contributed by atoms with Gasteiger partial charge in [-0.25, -0.2) is 9.59 Å². The van der Waals surface area contributed by atoms with Crippen LogP contribution in [-0.4, -0.2) is 45.0 Å². The van der Waals surface area contributed by atoms with E-state index in [2.05, 4.69) is 5.32 Å². The topological polar surface area (TPSA) is 73.9 Å². The molecule has 0 rings (SSSR count). The van der Waals surface area contributed by atoms with Crippen molar-refractivity contribution in [3.05, 3.63) is 0 Å². The third-order valence-corrected chi connectivity index (χ3v) is 1.77. The van der Waals surface area contributed by atoms with Crippen LogP contribution < -0.4 is 5.32 Å². The summed E-state index contributed by atoms with van der Waals surface area (Å²) in [6.45, 7) is 6.22. The van der Waals surface area contributed by atoms with Gasteiger partial charge in [0.25, 0.3) is 0 Å². The fourth-order valence-corrected chi connectivity index (χ4v) is 0.869. The van der Waals surface area contributed by atoms with Gasteiger partial charge in [-0.15, -0.1) is 0 Å². The lowest BCUT2D eigenvalue weighted by Crippen LogP contribution is -2.40. The van der Waals surface area contributed by atoms with Gasteiger partial charge in [-0.05, 0) is 12.8 Å². The van der Waals surface area contributed by atoms with Gasteiger partial charge < -0.3 is 19.5 Å². The van der Waals surface area contributed by atoms with Crippen LogP contribution >= 0.6 is 0 Å². The average molecular weight is 247 g/mol. The summed E-state index contributed by atoms with van der Waals surface area (Å²) in [7, 11) is 1.51. The third-order valence-electron chi connectivity index (χ3n) is 1.77. The van der Waals surface area contributed by atoms with Gasteiger partial charge in [0.15, 0.2) is 0 Å². The van der Waals surface area contributed by atoms with Crippen molar-refractivity contribution in [2.45, 2.75) is 26.8 Å². The number of carbonyl (C=O) groups is 2. The first-order valence-corrected chi connectivity index (χ1v) is 5.56. The van der Waals surface area contributed by atoms with Gasteiger partial charge in [0.1, 0.15) is 12.6 Å². The maximum atomic E-state index is 11.4. The van der Waals surface area contributed by atoms with Gasteiger partial charge in [0, 0.05) is 7.11 Å². The SMILES string of the molecule is COCCOC(=O)NC(C)C(=O)OCC(C)C. The van der Waals surface area contributed by atoms with Crippen molar-refractivity contribution in [3.8, 4) is 0 Å². The van der Waals surface area contributed by atoms with Gasteiger partial charge in [0.05, 0.1) is 13.2 Å². The number of alkyl carbamates (subject to hydrolysis) is 1. The van der Waals surface area contributed by atoms with Crippen molar-refractivity contribution in [1.82, 2.24) is 5.32 Å². The second-order valence-electron chi connectivity index (χ2n) is 4.02. The highest BCUT2D eigenvalue weighted by Gasteiger charge is 2.17. The van der Waals surface area contributed by atoms with Crippen molar-refractivity contribution in [3.63, 3.8) is 0 Å².